The van der Waals surface area contributed by atoms with Gasteiger partial charge in [-0.2, -0.15) is 0 Å². The Morgan fingerprint density at radius 2 is 0.380 bits per heavy atom. The summed E-state index contributed by atoms with van der Waals surface area (Å²) >= 11 is 0. The zero-order valence-corrected chi connectivity index (χ0v) is 25.7. The van der Waals surface area contributed by atoms with Crippen molar-refractivity contribution in [1.82, 2.24) is 39.9 Å². The SMILES string of the molecule is O=c1[nH]c2cc3c(cc2[nH]1)C1c2cc4c(cc2C3c2cc3[nH]c(=O)[nH]c3cc21)C1c2cc3[nH]c(=O)[nH]c3cc2C4c2cc3[nH]c(=O)[nH]c3cc21. The van der Waals surface area contributed by atoms with Crippen LogP contribution >= 0.6 is 0 Å². The molecule has 6 aliphatic carbocycles. The summed E-state index contributed by atoms with van der Waals surface area (Å²) in [6, 6.07) is 21.6. The van der Waals surface area contributed by atoms with E-state index in [9.17, 15) is 19.2 Å². The minimum Gasteiger partial charge on any atom is -0.306 e. The summed E-state index contributed by atoms with van der Waals surface area (Å²) in [5, 5.41) is 0. The molecule has 0 aliphatic heterocycles. The van der Waals surface area contributed by atoms with E-state index < -0.39 is 0 Å². The topological polar surface area (TPSA) is 195 Å². The lowest BCUT2D eigenvalue weighted by Gasteiger charge is -2.46. The van der Waals surface area contributed by atoms with Crippen molar-refractivity contribution in [3.8, 4) is 0 Å². The van der Waals surface area contributed by atoms with Crippen LogP contribution in [0, 0.1) is 0 Å². The second kappa shape index (κ2) is 7.90. The van der Waals surface area contributed by atoms with E-state index in [1.807, 2.05) is 0 Å². The smallest absolute Gasteiger partial charge is 0.306 e. The van der Waals surface area contributed by atoms with Crippen LogP contribution in [-0.4, -0.2) is 39.9 Å². The minimum absolute atomic E-state index is 0.137. The molecule has 0 unspecified atom stereocenters. The van der Waals surface area contributed by atoms with E-state index >= 15 is 0 Å². The van der Waals surface area contributed by atoms with Gasteiger partial charge in [-0.1, -0.05) is 12.1 Å². The molecule has 4 bridgehead atoms. The molecule has 0 saturated carbocycles. The average molecular weight is 655 g/mol. The molecule has 0 saturated heterocycles. The summed E-state index contributed by atoms with van der Waals surface area (Å²) in [4.78, 5) is 73.3. The summed E-state index contributed by atoms with van der Waals surface area (Å²) in [6.07, 6.45) is 0. The Morgan fingerprint density at radius 1 is 0.240 bits per heavy atom. The fourth-order valence-electron chi connectivity index (χ4n) is 10.1. The molecule has 12 nitrogen and oxygen atoms in total. The lowest BCUT2D eigenvalue weighted by Crippen LogP contribution is -2.32. The van der Waals surface area contributed by atoms with Crippen LogP contribution in [0.1, 0.15) is 90.4 Å². The van der Waals surface area contributed by atoms with Gasteiger partial charge in [0.1, 0.15) is 0 Å². The number of hydrogen-bond donors (Lipinski definition) is 8. The first-order valence-electron chi connectivity index (χ1n) is 16.6. The van der Waals surface area contributed by atoms with Crippen LogP contribution in [0.4, 0.5) is 0 Å². The molecule has 0 amide bonds. The first kappa shape index (κ1) is 25.2. The molecular weight excluding hydrogens is 632 g/mol. The average Bonchev–Trinajstić information content (AvgIpc) is 3.84. The van der Waals surface area contributed by atoms with Crippen LogP contribution in [0.15, 0.2) is 79.8 Å². The van der Waals surface area contributed by atoms with Crippen LogP contribution < -0.4 is 22.8 Å². The first-order chi connectivity index (χ1) is 24.3. The standard InChI is InChI=1S/C38H22N8O4/c47-35-39-23-3-15-19(7-27(23)43-35)33-13-2-14-12(1-11(13)31(15)16-4-24-28(8-20(16)33)44-36(48)40-24)32-17-5-25-29(45-37(49)41-25)9-21(17)34(14)22-10-30-26(6-18(22)32)42-38(50)46-30/h1-10,31-34H,(H2,39,43,47)(H2,40,44,48)(H2,41,45,49)(H2,42,46,50). The van der Waals surface area contributed by atoms with Crippen molar-refractivity contribution in [2.75, 3.05) is 0 Å². The number of benzene rings is 5. The van der Waals surface area contributed by atoms with Gasteiger partial charge in [0, 0.05) is 23.7 Å². The van der Waals surface area contributed by atoms with E-state index in [0.717, 1.165) is 88.6 Å². The van der Waals surface area contributed by atoms with E-state index in [0.29, 0.717) is 0 Å². The Kier molecular flexibility index (Phi) is 3.98. The highest BCUT2D eigenvalue weighted by Gasteiger charge is 2.47. The lowest BCUT2D eigenvalue weighted by molar-refractivity contribution is 0.720. The van der Waals surface area contributed by atoms with Crippen molar-refractivity contribution < 1.29 is 0 Å². The van der Waals surface area contributed by atoms with Gasteiger partial charge in [-0.25, -0.2) is 19.2 Å². The van der Waals surface area contributed by atoms with E-state index in [-0.39, 0.29) is 46.4 Å². The van der Waals surface area contributed by atoms with Crippen LogP contribution in [0.5, 0.6) is 0 Å². The van der Waals surface area contributed by atoms with Crippen molar-refractivity contribution in [2.45, 2.75) is 23.7 Å². The molecule has 5 aromatic carbocycles. The predicted octanol–water partition coefficient (Wildman–Crippen LogP) is 4.34. The summed E-state index contributed by atoms with van der Waals surface area (Å²) in [6.45, 7) is 0. The molecule has 4 heterocycles. The van der Waals surface area contributed by atoms with E-state index in [1.165, 1.54) is 22.3 Å². The zero-order valence-electron chi connectivity index (χ0n) is 25.7. The van der Waals surface area contributed by atoms with Crippen molar-refractivity contribution >= 4 is 44.1 Å². The zero-order chi connectivity index (χ0) is 32.9. The molecule has 4 aromatic heterocycles. The summed E-state index contributed by atoms with van der Waals surface area (Å²) in [7, 11) is 0. The number of nitrogens with one attached hydrogen (secondary N) is 8. The molecule has 0 radical (unpaired) electrons. The number of aromatic nitrogens is 8. The van der Waals surface area contributed by atoms with Gasteiger partial charge in [0.15, 0.2) is 0 Å². The quantitative estimate of drug-likeness (QED) is 0.121. The van der Waals surface area contributed by atoms with Gasteiger partial charge in [0.05, 0.1) is 44.1 Å². The van der Waals surface area contributed by atoms with Crippen LogP contribution in [0.2, 0.25) is 0 Å². The van der Waals surface area contributed by atoms with Gasteiger partial charge in [0.25, 0.3) is 0 Å². The predicted molar refractivity (Wildman–Crippen MR) is 186 cm³/mol. The first-order valence-corrected chi connectivity index (χ1v) is 16.6. The highest BCUT2D eigenvalue weighted by molar-refractivity contribution is 5.88. The molecule has 0 spiro atoms. The Balaban J connectivity index is 1.13. The highest BCUT2D eigenvalue weighted by atomic mass is 16.2. The maximum Gasteiger partial charge on any atom is 0.323 e. The normalized spacial score (nSPS) is 20.3. The summed E-state index contributed by atoms with van der Waals surface area (Å²) in [5.74, 6) is -0.547. The second-order valence-corrected chi connectivity index (χ2v) is 14.3. The van der Waals surface area contributed by atoms with Gasteiger partial charge in [-0.3, -0.25) is 0 Å². The van der Waals surface area contributed by atoms with E-state index in [4.69, 9.17) is 0 Å². The highest BCUT2D eigenvalue weighted by Crippen LogP contribution is 2.62. The number of aromatic amines is 8. The molecule has 0 fully saturated rings. The van der Waals surface area contributed by atoms with Crippen molar-refractivity contribution in [3.05, 3.63) is 169 Å². The van der Waals surface area contributed by atoms with Gasteiger partial charge < -0.3 is 39.9 Å². The van der Waals surface area contributed by atoms with Gasteiger partial charge >= 0.3 is 22.8 Å². The fraction of sp³-hybridized carbons (Fsp3) is 0.105. The molecule has 0 atom stereocenters. The Morgan fingerprint density at radius 3 is 0.540 bits per heavy atom. The third-order valence-electron chi connectivity index (χ3n) is 11.9. The van der Waals surface area contributed by atoms with Gasteiger partial charge in [-0.15, -0.1) is 0 Å². The molecule has 50 heavy (non-hydrogen) atoms. The monoisotopic (exact) mass is 654 g/mol. The third-order valence-corrected chi connectivity index (χ3v) is 11.9. The molecule has 6 aliphatic rings. The van der Waals surface area contributed by atoms with E-state index in [2.05, 4.69) is 101 Å². The number of H-pyrrole nitrogens is 8. The lowest BCUT2D eigenvalue weighted by atomic mass is 9.56. The Hall–Kier alpha value is -6.82. The maximum atomic E-state index is 12.4. The van der Waals surface area contributed by atoms with Gasteiger partial charge in [0.2, 0.25) is 0 Å². The van der Waals surface area contributed by atoms with Crippen molar-refractivity contribution in [1.29, 1.82) is 0 Å². The molecule has 15 rings (SSSR count). The van der Waals surface area contributed by atoms with Crippen LogP contribution in [0.25, 0.3) is 44.1 Å². The number of fused-ring (bicyclic) bond motifs is 4. The second-order valence-electron chi connectivity index (χ2n) is 14.3. The Labute approximate surface area is 276 Å². The third kappa shape index (κ3) is 2.83. The van der Waals surface area contributed by atoms with Crippen LogP contribution in [-0.2, 0) is 0 Å². The fourth-order valence-corrected chi connectivity index (χ4v) is 10.1. The van der Waals surface area contributed by atoms with Crippen molar-refractivity contribution in [2.24, 2.45) is 0 Å². The maximum absolute atomic E-state index is 12.4. The molecule has 8 N–H and O–H groups in total. The van der Waals surface area contributed by atoms with Gasteiger partial charge in [-0.05, 0) is 115 Å². The molecule has 9 aromatic rings. The number of rotatable bonds is 0. The van der Waals surface area contributed by atoms with Crippen LogP contribution in [0.3, 0.4) is 0 Å². The number of imidazole rings is 4. The molecule has 12 heteroatoms. The minimum atomic E-state index is -0.242. The summed E-state index contributed by atoms with van der Waals surface area (Å²) < 4.78 is 0. The van der Waals surface area contributed by atoms with Crippen molar-refractivity contribution in [3.63, 3.8) is 0 Å². The Bertz CT molecular complexity index is 2740. The molecule has 238 valence electrons. The van der Waals surface area contributed by atoms with E-state index in [1.54, 1.807) is 0 Å². The number of hydrogen-bond acceptors (Lipinski definition) is 4. The molecular formula is C38H22N8O4. The summed E-state index contributed by atoms with van der Waals surface area (Å²) in [5.41, 5.74) is 19.0. The largest absolute Gasteiger partial charge is 0.323 e.